The minimum Gasteiger partial charge on any atom is -0.353 e. The second-order valence-corrected chi connectivity index (χ2v) is 12.3. The molecule has 38 heavy (non-hydrogen) atoms. The van der Waals surface area contributed by atoms with E-state index in [1.165, 1.54) is 12.1 Å². The number of carbonyl (C=O) groups is 2. The average molecular weight is 553 g/mol. The molecule has 1 fully saturated rings. The van der Waals surface area contributed by atoms with Gasteiger partial charge in [-0.15, -0.1) is 0 Å². The van der Waals surface area contributed by atoms with E-state index in [0.717, 1.165) is 18.6 Å². The van der Waals surface area contributed by atoms with E-state index < -0.39 is 33.3 Å². The first-order valence-corrected chi connectivity index (χ1v) is 14.4. The molecule has 0 spiro atoms. The maximum Gasteiger partial charge on any atom is 0.416 e. The Labute approximate surface area is 222 Å². The fourth-order valence-electron chi connectivity index (χ4n) is 4.93. The maximum atomic E-state index is 13.2. The zero-order valence-electron chi connectivity index (χ0n) is 21.9. The standard InChI is InChI=1S/C28H35F3N2O4S/c1-19(2)33(3)23-12-13-25(21(17-23)18-38(36,37)24-10-5-4-6-11-24)32-27(35)15-14-26(34)20-8-7-9-22(16-20)28(29,30)31/h4-11,16,19,21,23,25H,12-15,17-18H2,1-3H3,(H,32,35). The van der Waals surface area contributed by atoms with Gasteiger partial charge in [-0.3, -0.25) is 9.59 Å². The largest absolute Gasteiger partial charge is 0.416 e. The van der Waals surface area contributed by atoms with E-state index in [9.17, 15) is 31.2 Å². The summed E-state index contributed by atoms with van der Waals surface area (Å²) in [6.45, 7) is 4.15. The third-order valence-electron chi connectivity index (χ3n) is 7.32. The molecule has 3 atom stereocenters. The molecule has 10 heteroatoms. The first-order chi connectivity index (χ1) is 17.8. The van der Waals surface area contributed by atoms with Crippen LogP contribution < -0.4 is 5.32 Å². The number of benzene rings is 2. The quantitative estimate of drug-likeness (QED) is 0.413. The smallest absolute Gasteiger partial charge is 0.353 e. The first-order valence-electron chi connectivity index (χ1n) is 12.8. The second kappa shape index (κ2) is 12.4. The molecule has 0 radical (unpaired) electrons. The van der Waals surface area contributed by atoms with Crippen LogP contribution in [0.15, 0.2) is 59.5 Å². The summed E-state index contributed by atoms with van der Waals surface area (Å²) < 4.78 is 65.2. The van der Waals surface area contributed by atoms with Gasteiger partial charge in [0.25, 0.3) is 0 Å². The van der Waals surface area contributed by atoms with Crippen molar-refractivity contribution < 1.29 is 31.2 Å². The highest BCUT2D eigenvalue weighted by molar-refractivity contribution is 7.91. The van der Waals surface area contributed by atoms with Gasteiger partial charge in [-0.05, 0) is 70.3 Å². The van der Waals surface area contributed by atoms with Gasteiger partial charge in [-0.2, -0.15) is 13.2 Å². The Balaban J connectivity index is 1.68. The van der Waals surface area contributed by atoms with Crippen LogP contribution in [0.25, 0.3) is 0 Å². The van der Waals surface area contributed by atoms with Gasteiger partial charge in [0.2, 0.25) is 5.91 Å². The number of Topliss-reactive ketones (excluding diaryl/α,β-unsaturated/α-hetero) is 1. The van der Waals surface area contributed by atoms with Gasteiger partial charge in [0.15, 0.2) is 15.6 Å². The van der Waals surface area contributed by atoms with Crippen molar-refractivity contribution in [2.24, 2.45) is 5.92 Å². The van der Waals surface area contributed by atoms with E-state index in [0.29, 0.717) is 12.8 Å². The maximum absolute atomic E-state index is 13.2. The lowest BCUT2D eigenvalue weighted by molar-refractivity contribution is -0.137. The molecule has 1 amide bonds. The molecule has 1 aliphatic rings. The van der Waals surface area contributed by atoms with Gasteiger partial charge in [0.1, 0.15) is 0 Å². The molecule has 0 saturated heterocycles. The van der Waals surface area contributed by atoms with Crippen molar-refractivity contribution in [2.75, 3.05) is 12.8 Å². The summed E-state index contributed by atoms with van der Waals surface area (Å²) in [5.41, 5.74) is -1.02. The van der Waals surface area contributed by atoms with Crippen LogP contribution in [-0.4, -0.2) is 55.9 Å². The Kier molecular flexibility index (Phi) is 9.75. The second-order valence-electron chi connectivity index (χ2n) is 10.3. The molecule has 1 N–H and O–H groups in total. The van der Waals surface area contributed by atoms with E-state index in [1.807, 2.05) is 7.05 Å². The predicted molar refractivity (Wildman–Crippen MR) is 139 cm³/mol. The summed E-state index contributed by atoms with van der Waals surface area (Å²) in [6, 6.07) is 12.4. The minimum absolute atomic E-state index is 0.100. The zero-order chi connectivity index (χ0) is 28.1. The van der Waals surface area contributed by atoms with Gasteiger partial charge >= 0.3 is 6.18 Å². The van der Waals surface area contributed by atoms with Crippen molar-refractivity contribution in [3.8, 4) is 0 Å². The summed E-state index contributed by atoms with van der Waals surface area (Å²) in [5.74, 6) is -1.43. The van der Waals surface area contributed by atoms with Crippen LogP contribution in [0.5, 0.6) is 0 Å². The summed E-state index contributed by atoms with van der Waals surface area (Å²) in [7, 11) is -1.58. The highest BCUT2D eigenvalue weighted by atomic mass is 32.2. The molecule has 208 valence electrons. The van der Waals surface area contributed by atoms with E-state index >= 15 is 0 Å². The molecule has 2 aromatic carbocycles. The molecular formula is C28H35F3N2O4S. The Morgan fingerprint density at radius 2 is 1.71 bits per heavy atom. The SMILES string of the molecule is CC(C)N(C)C1CCC(NC(=O)CCC(=O)c2cccc(C(F)(F)F)c2)C(CS(=O)(=O)c2ccccc2)C1. The number of amides is 1. The van der Waals surface area contributed by atoms with Crippen molar-refractivity contribution in [2.45, 2.75) is 75.1 Å². The molecule has 6 nitrogen and oxygen atoms in total. The van der Waals surface area contributed by atoms with Crippen LogP contribution in [0, 0.1) is 5.92 Å². The number of sulfone groups is 1. The third kappa shape index (κ3) is 7.89. The molecule has 0 heterocycles. The van der Waals surface area contributed by atoms with Crippen LogP contribution in [-0.2, 0) is 20.8 Å². The van der Waals surface area contributed by atoms with Crippen molar-refractivity contribution in [1.29, 1.82) is 0 Å². The topological polar surface area (TPSA) is 83.6 Å². The van der Waals surface area contributed by atoms with Gasteiger partial charge in [-0.1, -0.05) is 30.3 Å². The molecular weight excluding hydrogens is 517 g/mol. The molecule has 1 aliphatic carbocycles. The van der Waals surface area contributed by atoms with Crippen molar-refractivity contribution in [3.05, 3.63) is 65.7 Å². The number of carbonyl (C=O) groups excluding carboxylic acids is 2. The van der Waals surface area contributed by atoms with Crippen molar-refractivity contribution >= 4 is 21.5 Å². The molecule has 3 unspecified atom stereocenters. The van der Waals surface area contributed by atoms with Crippen LogP contribution in [0.3, 0.4) is 0 Å². The Hall–Kier alpha value is -2.72. The Morgan fingerprint density at radius 3 is 2.34 bits per heavy atom. The van der Waals surface area contributed by atoms with Gasteiger partial charge in [0, 0.05) is 36.5 Å². The van der Waals surface area contributed by atoms with E-state index in [1.54, 1.807) is 30.3 Å². The highest BCUT2D eigenvalue weighted by Crippen LogP contribution is 2.32. The zero-order valence-corrected chi connectivity index (χ0v) is 22.7. The summed E-state index contributed by atoms with van der Waals surface area (Å²) in [5, 5.41) is 2.92. The van der Waals surface area contributed by atoms with E-state index in [-0.39, 0.29) is 53.1 Å². The number of halogens is 3. The predicted octanol–water partition coefficient (Wildman–Crippen LogP) is 5.14. The van der Waals surface area contributed by atoms with E-state index in [4.69, 9.17) is 0 Å². The number of nitrogens with one attached hydrogen (secondary N) is 1. The minimum atomic E-state index is -4.56. The molecule has 1 saturated carbocycles. The van der Waals surface area contributed by atoms with Crippen LogP contribution in [0.2, 0.25) is 0 Å². The van der Waals surface area contributed by atoms with Crippen LogP contribution >= 0.6 is 0 Å². The first kappa shape index (κ1) is 29.8. The number of rotatable bonds is 10. The van der Waals surface area contributed by atoms with Gasteiger partial charge in [-0.25, -0.2) is 8.42 Å². The highest BCUT2D eigenvalue weighted by Gasteiger charge is 2.37. The third-order valence-corrected chi connectivity index (χ3v) is 9.18. The van der Waals surface area contributed by atoms with Gasteiger partial charge < -0.3 is 10.2 Å². The molecule has 0 aromatic heterocycles. The molecule has 2 aromatic rings. The monoisotopic (exact) mass is 552 g/mol. The van der Waals surface area contributed by atoms with Crippen molar-refractivity contribution in [3.63, 3.8) is 0 Å². The summed E-state index contributed by atoms with van der Waals surface area (Å²) in [6.07, 6.45) is -3.04. The Bertz CT molecular complexity index is 1220. The molecule has 0 bridgehead atoms. The number of hydrogen-bond donors (Lipinski definition) is 1. The lowest BCUT2D eigenvalue weighted by Gasteiger charge is -2.41. The normalized spacial score (nSPS) is 20.5. The fourth-order valence-corrected chi connectivity index (χ4v) is 6.63. The fraction of sp³-hybridized carbons (Fsp3) is 0.500. The summed E-state index contributed by atoms with van der Waals surface area (Å²) in [4.78, 5) is 27.7. The number of nitrogens with zero attached hydrogens (tertiary/aromatic N) is 1. The van der Waals surface area contributed by atoms with Crippen LogP contribution in [0.1, 0.15) is 61.9 Å². The lowest BCUT2D eigenvalue weighted by atomic mass is 9.81. The lowest BCUT2D eigenvalue weighted by Crippen LogP contribution is -2.51. The van der Waals surface area contributed by atoms with Crippen molar-refractivity contribution in [1.82, 2.24) is 10.2 Å². The number of ketones is 1. The van der Waals surface area contributed by atoms with E-state index in [2.05, 4.69) is 24.1 Å². The number of hydrogen-bond acceptors (Lipinski definition) is 5. The molecule has 3 rings (SSSR count). The number of alkyl halides is 3. The Morgan fingerprint density at radius 1 is 1.03 bits per heavy atom. The van der Waals surface area contributed by atoms with Gasteiger partial charge in [0.05, 0.1) is 16.2 Å². The average Bonchev–Trinajstić information content (AvgIpc) is 2.87. The summed E-state index contributed by atoms with van der Waals surface area (Å²) >= 11 is 0. The van der Waals surface area contributed by atoms with Crippen LogP contribution in [0.4, 0.5) is 13.2 Å². The molecule has 0 aliphatic heterocycles.